The molecular formula is C15H31NO. The summed E-state index contributed by atoms with van der Waals surface area (Å²) in [7, 11) is 0. The van der Waals surface area contributed by atoms with Crippen LogP contribution in [0.4, 0.5) is 0 Å². The van der Waals surface area contributed by atoms with E-state index >= 15 is 0 Å². The van der Waals surface area contributed by atoms with Crippen LogP contribution in [-0.4, -0.2) is 23.8 Å². The topological polar surface area (TPSA) is 32.3 Å². The van der Waals surface area contributed by atoms with E-state index in [9.17, 15) is 5.11 Å². The smallest absolute Gasteiger partial charge is 0.0774 e. The molecule has 102 valence electrons. The molecule has 3 unspecified atom stereocenters. The Kier molecular flexibility index (Phi) is 5.94. The molecule has 0 aromatic heterocycles. The molecule has 2 nitrogen and oxygen atoms in total. The third-order valence-electron chi connectivity index (χ3n) is 4.27. The van der Waals surface area contributed by atoms with Gasteiger partial charge in [-0.1, -0.05) is 46.5 Å². The number of nitrogens with one attached hydrogen (secondary N) is 1. The second kappa shape index (κ2) is 6.75. The molecule has 0 aromatic rings. The van der Waals surface area contributed by atoms with Gasteiger partial charge in [-0.05, 0) is 37.6 Å². The Morgan fingerprint density at radius 2 is 1.94 bits per heavy atom. The van der Waals surface area contributed by atoms with Crippen LogP contribution in [0.3, 0.4) is 0 Å². The molecule has 3 atom stereocenters. The number of hydrogen-bond donors (Lipinski definition) is 2. The molecule has 0 aliphatic heterocycles. The first-order valence-corrected chi connectivity index (χ1v) is 7.40. The lowest BCUT2D eigenvalue weighted by molar-refractivity contribution is -0.0421. The zero-order valence-electron chi connectivity index (χ0n) is 12.1. The summed E-state index contributed by atoms with van der Waals surface area (Å²) in [4.78, 5) is 0. The molecule has 0 spiro atoms. The molecule has 0 heterocycles. The van der Waals surface area contributed by atoms with Crippen molar-refractivity contribution in [3.05, 3.63) is 0 Å². The van der Waals surface area contributed by atoms with Crippen molar-refractivity contribution < 1.29 is 5.11 Å². The van der Waals surface area contributed by atoms with Crippen LogP contribution in [-0.2, 0) is 0 Å². The summed E-state index contributed by atoms with van der Waals surface area (Å²) in [6, 6.07) is 0. The quantitative estimate of drug-likeness (QED) is 0.748. The Morgan fingerprint density at radius 3 is 2.53 bits per heavy atom. The van der Waals surface area contributed by atoms with Crippen molar-refractivity contribution in [3.63, 3.8) is 0 Å². The van der Waals surface area contributed by atoms with E-state index in [2.05, 4.69) is 26.1 Å². The van der Waals surface area contributed by atoms with Crippen LogP contribution in [0.5, 0.6) is 0 Å². The fourth-order valence-electron chi connectivity index (χ4n) is 3.26. The SMILES string of the molecule is CCC1CCCCC1C(C)(O)CNCC(C)C. The van der Waals surface area contributed by atoms with E-state index in [-0.39, 0.29) is 0 Å². The van der Waals surface area contributed by atoms with Crippen LogP contribution in [0.25, 0.3) is 0 Å². The molecule has 0 aromatic carbocycles. The average molecular weight is 241 g/mol. The molecule has 1 rings (SSSR count). The zero-order chi connectivity index (χ0) is 12.9. The summed E-state index contributed by atoms with van der Waals surface area (Å²) in [5, 5.41) is 14.1. The Balaban J connectivity index is 2.48. The van der Waals surface area contributed by atoms with E-state index in [1.807, 2.05) is 6.92 Å². The minimum Gasteiger partial charge on any atom is -0.389 e. The fourth-order valence-corrected chi connectivity index (χ4v) is 3.26. The monoisotopic (exact) mass is 241 g/mol. The Labute approximate surface area is 107 Å². The highest BCUT2D eigenvalue weighted by Gasteiger charge is 2.37. The van der Waals surface area contributed by atoms with Crippen molar-refractivity contribution >= 4 is 0 Å². The maximum atomic E-state index is 10.7. The Morgan fingerprint density at radius 1 is 1.29 bits per heavy atom. The van der Waals surface area contributed by atoms with Crippen molar-refractivity contribution in [3.8, 4) is 0 Å². The lowest BCUT2D eigenvalue weighted by atomic mass is 9.69. The molecule has 1 saturated carbocycles. The lowest BCUT2D eigenvalue weighted by Crippen LogP contribution is -2.48. The lowest BCUT2D eigenvalue weighted by Gasteiger charge is -2.41. The van der Waals surface area contributed by atoms with Crippen molar-refractivity contribution in [1.82, 2.24) is 5.32 Å². The predicted molar refractivity (Wildman–Crippen MR) is 74.1 cm³/mol. The van der Waals surface area contributed by atoms with Crippen LogP contribution < -0.4 is 5.32 Å². The van der Waals surface area contributed by atoms with Crippen LogP contribution in [0.1, 0.15) is 59.8 Å². The summed E-state index contributed by atoms with van der Waals surface area (Å²) in [5.74, 6) is 1.86. The summed E-state index contributed by atoms with van der Waals surface area (Å²) in [5.41, 5.74) is -0.532. The number of hydrogen-bond acceptors (Lipinski definition) is 2. The van der Waals surface area contributed by atoms with E-state index in [0.29, 0.717) is 11.8 Å². The molecule has 1 aliphatic rings. The van der Waals surface area contributed by atoms with Gasteiger partial charge in [0, 0.05) is 6.54 Å². The minimum absolute atomic E-state index is 0.487. The molecule has 0 bridgehead atoms. The van der Waals surface area contributed by atoms with E-state index in [1.165, 1.54) is 32.1 Å². The van der Waals surface area contributed by atoms with E-state index in [4.69, 9.17) is 0 Å². The van der Waals surface area contributed by atoms with E-state index in [1.54, 1.807) is 0 Å². The Hall–Kier alpha value is -0.0800. The minimum atomic E-state index is -0.532. The summed E-state index contributed by atoms with van der Waals surface area (Å²) in [6.45, 7) is 10.4. The third kappa shape index (κ3) is 4.59. The van der Waals surface area contributed by atoms with Gasteiger partial charge in [0.2, 0.25) is 0 Å². The van der Waals surface area contributed by atoms with Gasteiger partial charge in [-0.25, -0.2) is 0 Å². The first-order chi connectivity index (χ1) is 7.97. The van der Waals surface area contributed by atoms with Gasteiger partial charge in [0.25, 0.3) is 0 Å². The maximum absolute atomic E-state index is 10.7. The third-order valence-corrected chi connectivity index (χ3v) is 4.27. The average Bonchev–Trinajstić information content (AvgIpc) is 2.28. The molecule has 0 saturated heterocycles. The second-order valence-electron chi connectivity index (χ2n) is 6.44. The normalized spacial score (nSPS) is 29.3. The van der Waals surface area contributed by atoms with Gasteiger partial charge in [-0.3, -0.25) is 0 Å². The predicted octanol–water partition coefficient (Wildman–Crippen LogP) is 3.20. The van der Waals surface area contributed by atoms with E-state index in [0.717, 1.165) is 19.0 Å². The molecule has 0 radical (unpaired) electrons. The number of rotatable bonds is 6. The van der Waals surface area contributed by atoms with E-state index < -0.39 is 5.60 Å². The molecule has 2 heteroatoms. The van der Waals surface area contributed by atoms with Gasteiger partial charge in [0.1, 0.15) is 0 Å². The molecule has 1 aliphatic carbocycles. The largest absolute Gasteiger partial charge is 0.389 e. The highest BCUT2D eigenvalue weighted by atomic mass is 16.3. The molecule has 17 heavy (non-hydrogen) atoms. The standard InChI is InChI=1S/C15H31NO/c1-5-13-8-6-7-9-14(13)15(4,17)11-16-10-12(2)3/h12-14,16-17H,5-11H2,1-4H3. The van der Waals surface area contributed by atoms with Crippen LogP contribution in [0.2, 0.25) is 0 Å². The van der Waals surface area contributed by atoms with Gasteiger partial charge < -0.3 is 10.4 Å². The summed E-state index contributed by atoms with van der Waals surface area (Å²) >= 11 is 0. The second-order valence-corrected chi connectivity index (χ2v) is 6.44. The Bertz CT molecular complexity index is 213. The van der Waals surface area contributed by atoms with Crippen molar-refractivity contribution in [1.29, 1.82) is 0 Å². The molecule has 0 amide bonds. The van der Waals surface area contributed by atoms with Crippen molar-refractivity contribution in [2.75, 3.05) is 13.1 Å². The fraction of sp³-hybridized carbons (Fsp3) is 1.00. The highest BCUT2D eigenvalue weighted by Crippen LogP contribution is 2.38. The summed E-state index contributed by atoms with van der Waals surface area (Å²) in [6.07, 6.45) is 6.37. The van der Waals surface area contributed by atoms with Crippen molar-refractivity contribution in [2.24, 2.45) is 17.8 Å². The van der Waals surface area contributed by atoms with Gasteiger partial charge in [-0.15, -0.1) is 0 Å². The summed E-state index contributed by atoms with van der Waals surface area (Å²) < 4.78 is 0. The zero-order valence-corrected chi connectivity index (χ0v) is 12.1. The maximum Gasteiger partial charge on any atom is 0.0774 e. The van der Waals surface area contributed by atoms with Crippen LogP contribution in [0, 0.1) is 17.8 Å². The van der Waals surface area contributed by atoms with Crippen molar-refractivity contribution in [2.45, 2.75) is 65.4 Å². The van der Waals surface area contributed by atoms with Crippen LogP contribution >= 0.6 is 0 Å². The number of aliphatic hydroxyl groups is 1. The molecule has 2 N–H and O–H groups in total. The first-order valence-electron chi connectivity index (χ1n) is 7.40. The van der Waals surface area contributed by atoms with Gasteiger partial charge in [-0.2, -0.15) is 0 Å². The molecular weight excluding hydrogens is 210 g/mol. The molecule has 1 fully saturated rings. The highest BCUT2D eigenvalue weighted by molar-refractivity contribution is 4.90. The van der Waals surface area contributed by atoms with Gasteiger partial charge >= 0.3 is 0 Å². The van der Waals surface area contributed by atoms with Crippen LogP contribution in [0.15, 0.2) is 0 Å². The first kappa shape index (κ1) is 15.0. The van der Waals surface area contributed by atoms with Gasteiger partial charge in [0.05, 0.1) is 5.60 Å². The van der Waals surface area contributed by atoms with Gasteiger partial charge in [0.15, 0.2) is 0 Å².